The minimum atomic E-state index is 0. The molecule has 0 spiro atoms. The van der Waals surface area contributed by atoms with E-state index in [9.17, 15) is 4.79 Å². The van der Waals surface area contributed by atoms with Gasteiger partial charge in [0, 0.05) is 13.2 Å². The van der Waals surface area contributed by atoms with Gasteiger partial charge in [-0.25, -0.2) is 4.98 Å². The van der Waals surface area contributed by atoms with Crippen molar-refractivity contribution in [2.24, 2.45) is 0 Å². The van der Waals surface area contributed by atoms with E-state index in [0.717, 1.165) is 12.1 Å². The molecule has 0 unspecified atom stereocenters. The van der Waals surface area contributed by atoms with Crippen LogP contribution in [0.2, 0.25) is 0 Å². The molecule has 1 heterocycles. The smallest absolute Gasteiger partial charge is 0.150 e. The van der Waals surface area contributed by atoms with E-state index in [0.29, 0.717) is 12.2 Å². The van der Waals surface area contributed by atoms with Crippen molar-refractivity contribution in [3.05, 3.63) is 23.9 Å². The van der Waals surface area contributed by atoms with E-state index in [-0.39, 0.29) is 1.43 Å². The second-order valence-corrected chi connectivity index (χ2v) is 3.01. The molecule has 1 rings (SSSR count). The van der Waals surface area contributed by atoms with Crippen molar-refractivity contribution in [2.45, 2.75) is 0 Å². The fourth-order valence-electron chi connectivity index (χ4n) is 0.856. The van der Waals surface area contributed by atoms with Crippen molar-refractivity contribution in [3.8, 4) is 0 Å². The van der Waals surface area contributed by atoms with Crippen molar-refractivity contribution >= 4 is 18.9 Å². The number of aromatic nitrogens is 1. The minimum absolute atomic E-state index is 0. The average molecular weight is 211 g/mol. The lowest BCUT2D eigenvalue weighted by Gasteiger charge is -2.11. The number of aldehydes is 1. The molecule has 0 saturated heterocycles. The normalized spacial score (nSPS) is 9.00. The first-order valence-corrected chi connectivity index (χ1v) is 4.31. The third-order valence-corrected chi connectivity index (χ3v) is 1.50. The zero-order valence-corrected chi connectivity index (χ0v) is 8.93. The lowest BCUT2D eigenvalue weighted by atomic mass is 10.3. The maximum absolute atomic E-state index is 10.4. The van der Waals surface area contributed by atoms with Crippen LogP contribution in [0.5, 0.6) is 0 Å². The van der Waals surface area contributed by atoms with Gasteiger partial charge in [0.25, 0.3) is 0 Å². The van der Waals surface area contributed by atoms with E-state index in [4.69, 9.17) is 4.79 Å². The lowest BCUT2D eigenvalue weighted by molar-refractivity contribution is -0.0979. The highest BCUT2D eigenvalue weighted by Gasteiger charge is 1.95. The molecule has 15 heavy (non-hydrogen) atoms. The SMILES string of the molecule is C=O.CN(C)CNc1cc(C=O)ccn1.[HH]. The summed E-state index contributed by atoms with van der Waals surface area (Å²) >= 11 is 0. The fourth-order valence-corrected chi connectivity index (χ4v) is 0.856. The molecule has 0 aliphatic rings. The highest BCUT2D eigenvalue weighted by atomic mass is 16.1. The van der Waals surface area contributed by atoms with Crippen LogP contribution in [0.15, 0.2) is 18.3 Å². The molecule has 0 amide bonds. The molecule has 1 aromatic rings. The molecule has 0 saturated carbocycles. The minimum Gasteiger partial charge on any atom is -0.357 e. The number of anilines is 1. The van der Waals surface area contributed by atoms with E-state index in [2.05, 4.69) is 10.3 Å². The van der Waals surface area contributed by atoms with Crippen molar-refractivity contribution in [2.75, 3.05) is 26.1 Å². The highest BCUT2D eigenvalue weighted by molar-refractivity contribution is 5.75. The first-order chi connectivity index (χ1) is 7.22. The number of carbonyl (C=O) groups excluding carboxylic acids is 2. The van der Waals surface area contributed by atoms with Crippen molar-refractivity contribution < 1.29 is 11.0 Å². The van der Waals surface area contributed by atoms with Gasteiger partial charge in [-0.2, -0.15) is 0 Å². The zero-order chi connectivity index (χ0) is 11.7. The first kappa shape index (κ1) is 13.2. The van der Waals surface area contributed by atoms with Crippen molar-refractivity contribution in [1.82, 2.24) is 9.88 Å². The summed E-state index contributed by atoms with van der Waals surface area (Å²) in [5.41, 5.74) is 0.635. The molecule has 0 atom stereocenters. The predicted molar refractivity (Wildman–Crippen MR) is 61.0 cm³/mol. The molecule has 0 aliphatic carbocycles. The molecule has 1 aromatic heterocycles. The second kappa shape index (κ2) is 7.64. The van der Waals surface area contributed by atoms with Gasteiger partial charge in [0.05, 0.1) is 6.67 Å². The Morgan fingerprint density at radius 2 is 2.27 bits per heavy atom. The Morgan fingerprint density at radius 3 is 2.80 bits per heavy atom. The molecular formula is C10H17N3O2. The number of carbonyl (C=O) groups is 2. The van der Waals surface area contributed by atoms with Crippen LogP contribution < -0.4 is 5.32 Å². The molecule has 0 fully saturated rings. The Bertz CT molecular complexity index is 308. The molecule has 5 heteroatoms. The van der Waals surface area contributed by atoms with Crippen LogP contribution >= 0.6 is 0 Å². The topological polar surface area (TPSA) is 62.3 Å². The van der Waals surface area contributed by atoms with Gasteiger partial charge in [-0.05, 0) is 26.2 Å². The van der Waals surface area contributed by atoms with Gasteiger partial charge in [0.2, 0.25) is 0 Å². The summed E-state index contributed by atoms with van der Waals surface area (Å²) in [6.07, 6.45) is 2.42. The summed E-state index contributed by atoms with van der Waals surface area (Å²) in [5.74, 6) is 0.721. The van der Waals surface area contributed by atoms with E-state index in [1.807, 2.05) is 25.8 Å². The summed E-state index contributed by atoms with van der Waals surface area (Å²) in [6.45, 7) is 2.70. The van der Waals surface area contributed by atoms with E-state index in [1.165, 1.54) is 0 Å². The van der Waals surface area contributed by atoms with E-state index >= 15 is 0 Å². The zero-order valence-electron chi connectivity index (χ0n) is 8.93. The van der Waals surface area contributed by atoms with Gasteiger partial charge >= 0.3 is 0 Å². The number of rotatable bonds is 4. The molecular weight excluding hydrogens is 194 g/mol. The molecule has 0 aromatic carbocycles. The Kier molecular flexibility index (Phi) is 6.74. The summed E-state index contributed by atoms with van der Waals surface area (Å²) in [6, 6.07) is 3.39. The van der Waals surface area contributed by atoms with Crippen LogP contribution in [0.25, 0.3) is 0 Å². The van der Waals surface area contributed by atoms with Crippen molar-refractivity contribution in [1.29, 1.82) is 0 Å². The van der Waals surface area contributed by atoms with E-state index in [1.54, 1.807) is 18.3 Å². The molecule has 1 N–H and O–H groups in total. The van der Waals surface area contributed by atoms with Gasteiger partial charge in [-0.1, -0.05) is 0 Å². The maximum atomic E-state index is 10.4. The first-order valence-electron chi connectivity index (χ1n) is 4.31. The summed E-state index contributed by atoms with van der Waals surface area (Å²) in [5, 5.41) is 3.07. The van der Waals surface area contributed by atoms with Gasteiger partial charge in [0.1, 0.15) is 18.9 Å². The van der Waals surface area contributed by atoms with Crippen LogP contribution in [0.1, 0.15) is 11.8 Å². The Labute approximate surface area is 90.6 Å². The summed E-state index contributed by atoms with van der Waals surface area (Å²) in [4.78, 5) is 24.5. The molecule has 0 radical (unpaired) electrons. The van der Waals surface area contributed by atoms with Gasteiger partial charge in [-0.3, -0.25) is 9.69 Å². The molecule has 0 aliphatic heterocycles. The highest BCUT2D eigenvalue weighted by Crippen LogP contribution is 2.03. The summed E-state index contributed by atoms with van der Waals surface area (Å²) in [7, 11) is 3.91. The predicted octanol–water partition coefficient (Wildman–Crippen LogP) is 0.886. The second-order valence-electron chi connectivity index (χ2n) is 3.01. The van der Waals surface area contributed by atoms with Crippen LogP contribution in [0.3, 0.4) is 0 Å². The standard InChI is InChI=1S/C9H13N3O.CH2O.H2/c1-12(2)7-11-9-5-8(6-13)3-4-10-9;1-2;/h3-6H,7H2,1-2H3,(H,10,11);1H2;1H. The van der Waals surface area contributed by atoms with Gasteiger partial charge in [0.15, 0.2) is 0 Å². The molecule has 0 bridgehead atoms. The third-order valence-electron chi connectivity index (χ3n) is 1.50. The number of nitrogens with one attached hydrogen (secondary N) is 1. The lowest BCUT2D eigenvalue weighted by Crippen LogP contribution is -2.20. The number of hydrogen-bond donors (Lipinski definition) is 1. The Morgan fingerprint density at radius 1 is 1.60 bits per heavy atom. The number of pyridine rings is 1. The maximum Gasteiger partial charge on any atom is 0.150 e. The van der Waals surface area contributed by atoms with Crippen LogP contribution in [-0.4, -0.2) is 43.7 Å². The summed E-state index contributed by atoms with van der Waals surface area (Å²) < 4.78 is 0. The van der Waals surface area contributed by atoms with E-state index < -0.39 is 0 Å². The van der Waals surface area contributed by atoms with Gasteiger partial charge in [-0.15, -0.1) is 0 Å². The third kappa shape index (κ3) is 5.53. The number of nitrogens with zero attached hydrogens (tertiary/aromatic N) is 2. The fraction of sp³-hybridized carbons (Fsp3) is 0.300. The van der Waals surface area contributed by atoms with Crippen LogP contribution in [0.4, 0.5) is 5.82 Å². The van der Waals surface area contributed by atoms with Crippen LogP contribution in [-0.2, 0) is 4.79 Å². The van der Waals surface area contributed by atoms with Crippen molar-refractivity contribution in [3.63, 3.8) is 0 Å². The number of hydrogen-bond acceptors (Lipinski definition) is 5. The largest absolute Gasteiger partial charge is 0.357 e. The molecule has 5 nitrogen and oxygen atoms in total. The Hall–Kier alpha value is -1.75. The Balaban J connectivity index is 0. The molecule has 84 valence electrons. The monoisotopic (exact) mass is 211 g/mol. The average Bonchev–Trinajstić information content (AvgIpc) is 2.29. The van der Waals surface area contributed by atoms with Gasteiger partial charge < -0.3 is 10.1 Å². The van der Waals surface area contributed by atoms with Crippen LogP contribution in [0, 0.1) is 0 Å². The quantitative estimate of drug-likeness (QED) is 0.592.